The molecule has 1 amide bonds. The number of carbonyl (C=O) groups is 1. The van der Waals surface area contributed by atoms with Crippen molar-refractivity contribution in [3.63, 3.8) is 0 Å². The summed E-state index contributed by atoms with van der Waals surface area (Å²) in [6.07, 6.45) is 4.10. The number of hydrogen-bond donors (Lipinski definition) is 1. The molecule has 6 heteroatoms. The van der Waals surface area contributed by atoms with Crippen molar-refractivity contribution in [2.24, 2.45) is 17.6 Å². The Morgan fingerprint density at radius 3 is 2.70 bits per heavy atom. The Hall–Kier alpha value is -2.44. The van der Waals surface area contributed by atoms with Gasteiger partial charge in [-0.3, -0.25) is 4.79 Å². The molecule has 2 aromatic heterocycles. The number of thiophene rings is 1. The van der Waals surface area contributed by atoms with Gasteiger partial charge in [0.25, 0.3) is 5.91 Å². The Morgan fingerprint density at radius 1 is 1.11 bits per heavy atom. The van der Waals surface area contributed by atoms with E-state index in [1.54, 1.807) is 11.3 Å². The van der Waals surface area contributed by atoms with E-state index in [1.165, 1.54) is 0 Å². The maximum atomic E-state index is 13.4. The van der Waals surface area contributed by atoms with E-state index < -0.39 is 0 Å². The van der Waals surface area contributed by atoms with Gasteiger partial charge in [0.1, 0.15) is 5.69 Å². The first kappa shape index (κ1) is 16.7. The smallest absolute Gasteiger partial charge is 0.257 e. The first-order valence-corrected chi connectivity index (χ1v) is 10.3. The van der Waals surface area contributed by atoms with Gasteiger partial charge in [-0.15, -0.1) is 11.3 Å². The third-order valence-electron chi connectivity index (χ3n) is 5.92. The van der Waals surface area contributed by atoms with Gasteiger partial charge < -0.3 is 10.6 Å². The van der Waals surface area contributed by atoms with Crippen LogP contribution in [0.25, 0.3) is 16.3 Å². The number of rotatable bonds is 3. The predicted molar refractivity (Wildman–Crippen MR) is 107 cm³/mol. The van der Waals surface area contributed by atoms with Crippen LogP contribution in [0.4, 0.5) is 0 Å². The molecule has 5 nitrogen and oxygen atoms in total. The molecule has 1 aromatic carbocycles. The topological polar surface area (TPSA) is 64.2 Å². The molecule has 138 valence electrons. The van der Waals surface area contributed by atoms with Gasteiger partial charge in [0.2, 0.25) is 0 Å². The maximum absolute atomic E-state index is 13.4. The largest absolute Gasteiger partial charge is 0.338 e. The van der Waals surface area contributed by atoms with Crippen LogP contribution in [0.1, 0.15) is 23.2 Å². The monoisotopic (exact) mass is 378 g/mol. The van der Waals surface area contributed by atoms with Crippen LogP contribution < -0.4 is 5.73 Å². The van der Waals surface area contributed by atoms with Crippen molar-refractivity contribution in [3.8, 4) is 16.3 Å². The molecular weight excluding hydrogens is 356 g/mol. The highest BCUT2D eigenvalue weighted by molar-refractivity contribution is 7.13. The van der Waals surface area contributed by atoms with Crippen molar-refractivity contribution in [1.82, 2.24) is 14.7 Å². The lowest BCUT2D eigenvalue weighted by atomic mass is 9.98. The van der Waals surface area contributed by atoms with Crippen LogP contribution >= 0.6 is 11.3 Å². The molecule has 3 heterocycles. The fourth-order valence-electron chi connectivity index (χ4n) is 4.48. The lowest BCUT2D eigenvalue weighted by molar-refractivity contribution is 0.0780. The summed E-state index contributed by atoms with van der Waals surface area (Å²) >= 11 is 1.61. The molecule has 27 heavy (non-hydrogen) atoms. The second kappa shape index (κ2) is 6.62. The van der Waals surface area contributed by atoms with E-state index in [0.29, 0.717) is 17.4 Å². The minimum absolute atomic E-state index is 0.0715. The van der Waals surface area contributed by atoms with Gasteiger partial charge in [-0.1, -0.05) is 24.3 Å². The van der Waals surface area contributed by atoms with Crippen LogP contribution in [0.3, 0.4) is 0 Å². The number of fused-ring (bicyclic) bond motifs is 1. The summed E-state index contributed by atoms with van der Waals surface area (Å²) < 4.78 is 1.81. The zero-order valence-electron chi connectivity index (χ0n) is 15.0. The second-order valence-electron chi connectivity index (χ2n) is 7.52. The molecule has 5 rings (SSSR count). The average Bonchev–Trinajstić information content (AvgIpc) is 3.47. The van der Waals surface area contributed by atoms with Crippen LogP contribution in [-0.4, -0.2) is 39.7 Å². The molecule has 1 aliphatic carbocycles. The van der Waals surface area contributed by atoms with Crippen molar-refractivity contribution in [3.05, 3.63) is 59.6 Å². The highest BCUT2D eigenvalue weighted by Crippen LogP contribution is 2.38. The normalized spacial score (nSPS) is 24.3. The maximum Gasteiger partial charge on any atom is 0.257 e. The zero-order valence-corrected chi connectivity index (χ0v) is 15.8. The standard InChI is InChI=1S/C21H22N4OS/c22-18-9-8-14-11-24(12-16(14)18)21(26)17-13-25(15-5-2-1-3-6-15)23-20(17)19-7-4-10-27-19/h1-7,10,13-14,16,18H,8-9,11-12,22H2. The Morgan fingerprint density at radius 2 is 1.96 bits per heavy atom. The summed E-state index contributed by atoms with van der Waals surface area (Å²) in [5.41, 5.74) is 8.65. The second-order valence-corrected chi connectivity index (χ2v) is 8.47. The molecule has 3 atom stereocenters. The van der Waals surface area contributed by atoms with E-state index in [4.69, 9.17) is 10.8 Å². The summed E-state index contributed by atoms with van der Waals surface area (Å²) in [5, 5.41) is 6.78. The van der Waals surface area contributed by atoms with Gasteiger partial charge in [-0.05, 0) is 48.3 Å². The summed E-state index contributed by atoms with van der Waals surface area (Å²) in [6.45, 7) is 1.59. The Labute approximate surface area is 162 Å². The number of likely N-dealkylation sites (tertiary alicyclic amines) is 1. The van der Waals surface area contributed by atoms with E-state index in [2.05, 4.69) is 0 Å². The first-order valence-electron chi connectivity index (χ1n) is 9.44. The molecule has 1 saturated carbocycles. The number of hydrogen-bond acceptors (Lipinski definition) is 4. The van der Waals surface area contributed by atoms with Crippen LogP contribution in [0.15, 0.2) is 54.0 Å². The van der Waals surface area contributed by atoms with Crippen molar-refractivity contribution < 1.29 is 4.79 Å². The Bertz CT molecular complexity index is 950. The molecule has 1 saturated heterocycles. The van der Waals surface area contributed by atoms with Crippen LogP contribution in [0.5, 0.6) is 0 Å². The van der Waals surface area contributed by atoms with E-state index in [0.717, 1.165) is 42.2 Å². The van der Waals surface area contributed by atoms with Crippen LogP contribution in [0, 0.1) is 11.8 Å². The van der Waals surface area contributed by atoms with Gasteiger partial charge in [0.05, 0.1) is 16.1 Å². The van der Waals surface area contributed by atoms with E-state index in [1.807, 2.05) is 63.6 Å². The van der Waals surface area contributed by atoms with Gasteiger partial charge in [0.15, 0.2) is 0 Å². The molecule has 0 spiro atoms. The molecule has 0 radical (unpaired) electrons. The fraction of sp³-hybridized carbons (Fsp3) is 0.333. The molecule has 1 aliphatic heterocycles. The van der Waals surface area contributed by atoms with Gasteiger partial charge in [-0.25, -0.2) is 4.68 Å². The minimum Gasteiger partial charge on any atom is -0.338 e. The molecule has 2 N–H and O–H groups in total. The van der Waals surface area contributed by atoms with Gasteiger partial charge in [-0.2, -0.15) is 5.10 Å². The number of para-hydroxylation sites is 1. The van der Waals surface area contributed by atoms with Gasteiger partial charge >= 0.3 is 0 Å². The van der Waals surface area contributed by atoms with Gasteiger partial charge in [0, 0.05) is 25.3 Å². The number of carbonyl (C=O) groups excluding carboxylic acids is 1. The summed E-state index contributed by atoms with van der Waals surface area (Å²) in [7, 11) is 0. The molecular formula is C21H22N4OS. The average molecular weight is 379 g/mol. The summed E-state index contributed by atoms with van der Waals surface area (Å²) in [4.78, 5) is 16.4. The molecule has 2 aliphatic rings. The molecule has 0 bridgehead atoms. The number of benzene rings is 1. The highest BCUT2D eigenvalue weighted by atomic mass is 32.1. The van der Waals surface area contributed by atoms with Crippen molar-refractivity contribution in [2.75, 3.05) is 13.1 Å². The highest BCUT2D eigenvalue weighted by Gasteiger charge is 2.43. The minimum atomic E-state index is 0.0715. The molecule has 2 fully saturated rings. The predicted octanol–water partition coefficient (Wildman–Crippen LogP) is 3.41. The third-order valence-corrected chi connectivity index (χ3v) is 6.80. The third kappa shape index (κ3) is 2.89. The zero-order chi connectivity index (χ0) is 18.4. The number of nitrogens with zero attached hydrogens (tertiary/aromatic N) is 3. The van der Waals surface area contributed by atoms with Crippen LogP contribution in [0.2, 0.25) is 0 Å². The number of nitrogens with two attached hydrogens (primary N) is 1. The fourth-order valence-corrected chi connectivity index (χ4v) is 5.21. The number of amides is 1. The van der Waals surface area contributed by atoms with E-state index in [-0.39, 0.29) is 11.9 Å². The Kier molecular flexibility index (Phi) is 4.10. The van der Waals surface area contributed by atoms with E-state index >= 15 is 0 Å². The summed E-state index contributed by atoms with van der Waals surface area (Å²) in [6, 6.07) is 14.2. The quantitative estimate of drug-likeness (QED) is 0.760. The lowest BCUT2D eigenvalue weighted by Gasteiger charge is -2.18. The van der Waals surface area contributed by atoms with Crippen LogP contribution in [-0.2, 0) is 0 Å². The summed E-state index contributed by atoms with van der Waals surface area (Å²) in [5.74, 6) is 1.07. The SMILES string of the molecule is NC1CCC2CN(C(=O)c3cn(-c4ccccc4)nc3-c3cccs3)CC12. The lowest BCUT2D eigenvalue weighted by Crippen LogP contribution is -2.33. The van der Waals surface area contributed by atoms with Crippen molar-refractivity contribution >= 4 is 17.2 Å². The molecule has 3 unspecified atom stereocenters. The van der Waals surface area contributed by atoms with Crippen molar-refractivity contribution in [1.29, 1.82) is 0 Å². The van der Waals surface area contributed by atoms with E-state index in [9.17, 15) is 4.79 Å². The first-order chi connectivity index (χ1) is 13.2. The Balaban J connectivity index is 1.51. The molecule has 3 aromatic rings. The number of aromatic nitrogens is 2. The van der Waals surface area contributed by atoms with Crippen molar-refractivity contribution in [2.45, 2.75) is 18.9 Å².